The molecule has 1 aliphatic heterocycles. The molecule has 0 saturated heterocycles. The molecule has 3 aliphatic carbocycles. The van der Waals surface area contributed by atoms with E-state index in [9.17, 15) is 9.59 Å². The number of allylic oxidation sites excluding steroid dienone is 1. The minimum absolute atomic E-state index is 0.0441. The first kappa shape index (κ1) is 14.5. The van der Waals surface area contributed by atoms with Gasteiger partial charge in [-0.3, -0.25) is 9.59 Å². The molecule has 5 atom stereocenters. The fraction of sp³-hybridized carbons (Fsp3) is 0.789. The zero-order chi connectivity index (χ0) is 15.5. The highest BCUT2D eigenvalue weighted by Crippen LogP contribution is 2.63. The molecule has 1 N–H and O–H groups in total. The Morgan fingerprint density at radius 3 is 2.59 bits per heavy atom. The van der Waals surface area contributed by atoms with Crippen molar-refractivity contribution in [3.05, 3.63) is 11.6 Å². The van der Waals surface area contributed by atoms with Crippen LogP contribution >= 0.6 is 0 Å². The minimum atomic E-state index is -0.0441. The maximum absolute atomic E-state index is 12.4. The van der Waals surface area contributed by atoms with Crippen molar-refractivity contribution in [3.63, 3.8) is 0 Å². The van der Waals surface area contributed by atoms with E-state index in [-0.39, 0.29) is 16.7 Å². The lowest BCUT2D eigenvalue weighted by atomic mass is 9.48. The van der Waals surface area contributed by atoms with Crippen molar-refractivity contribution >= 4 is 11.7 Å². The number of carbonyl (C=O) groups excluding carboxylic acids is 2. The van der Waals surface area contributed by atoms with E-state index < -0.39 is 0 Å². The predicted octanol–water partition coefficient (Wildman–Crippen LogP) is 3.24. The summed E-state index contributed by atoms with van der Waals surface area (Å²) in [7, 11) is 0. The summed E-state index contributed by atoms with van der Waals surface area (Å²) in [6, 6.07) is 0. The number of carbonyl (C=O) groups is 2. The fourth-order valence-corrected chi connectivity index (χ4v) is 6.34. The Balaban J connectivity index is 1.70. The van der Waals surface area contributed by atoms with Crippen LogP contribution in [-0.2, 0) is 9.59 Å². The quantitative estimate of drug-likeness (QED) is 0.746. The van der Waals surface area contributed by atoms with Crippen LogP contribution in [0.25, 0.3) is 0 Å². The second-order valence-electron chi connectivity index (χ2n) is 8.46. The Morgan fingerprint density at radius 2 is 1.77 bits per heavy atom. The zero-order valence-electron chi connectivity index (χ0n) is 13.8. The van der Waals surface area contributed by atoms with Crippen molar-refractivity contribution in [2.45, 2.75) is 58.8 Å². The standard InChI is InChI=1S/C19H27NO2/c1-18-9-10-20-17(22)11-12(18)3-4-13-14-5-6-16(21)19(14,2)8-7-15(13)18/h11,13-15H,3-10H2,1-2H3,(H,20,22). The summed E-state index contributed by atoms with van der Waals surface area (Å²) in [6.45, 7) is 5.41. The molecule has 4 rings (SSSR count). The van der Waals surface area contributed by atoms with Crippen LogP contribution in [0.2, 0.25) is 0 Å². The number of hydrogen-bond donors (Lipinski definition) is 1. The SMILES string of the molecule is CC12CCC3C(CCC4=CC(=O)NCCC43C)C1CCC2=O. The molecular formula is C19H27NO2. The largest absolute Gasteiger partial charge is 0.353 e. The number of rotatable bonds is 0. The summed E-state index contributed by atoms with van der Waals surface area (Å²) in [5, 5.41) is 3.01. The summed E-state index contributed by atoms with van der Waals surface area (Å²) < 4.78 is 0. The summed E-state index contributed by atoms with van der Waals surface area (Å²) in [5.74, 6) is 2.53. The highest BCUT2D eigenvalue weighted by atomic mass is 16.1. The van der Waals surface area contributed by atoms with Crippen molar-refractivity contribution in [1.29, 1.82) is 0 Å². The van der Waals surface area contributed by atoms with Gasteiger partial charge in [0.2, 0.25) is 5.91 Å². The van der Waals surface area contributed by atoms with Gasteiger partial charge in [0.15, 0.2) is 0 Å². The lowest BCUT2D eigenvalue weighted by Crippen LogP contribution is -2.49. The van der Waals surface area contributed by atoms with Gasteiger partial charge in [-0.15, -0.1) is 0 Å². The number of nitrogens with one attached hydrogen (secondary N) is 1. The van der Waals surface area contributed by atoms with Crippen LogP contribution in [0.5, 0.6) is 0 Å². The molecule has 3 saturated carbocycles. The van der Waals surface area contributed by atoms with Crippen molar-refractivity contribution < 1.29 is 9.59 Å². The summed E-state index contributed by atoms with van der Waals surface area (Å²) in [6.07, 6.45) is 9.28. The van der Waals surface area contributed by atoms with Crippen molar-refractivity contribution in [2.75, 3.05) is 6.54 Å². The van der Waals surface area contributed by atoms with E-state index in [0.717, 1.165) is 45.1 Å². The highest BCUT2D eigenvalue weighted by molar-refractivity contribution is 5.89. The van der Waals surface area contributed by atoms with Crippen LogP contribution in [0.15, 0.2) is 11.6 Å². The molecule has 3 heteroatoms. The molecule has 1 amide bonds. The number of ketones is 1. The molecule has 0 aromatic rings. The van der Waals surface area contributed by atoms with Gasteiger partial charge in [-0.05, 0) is 61.7 Å². The molecule has 22 heavy (non-hydrogen) atoms. The van der Waals surface area contributed by atoms with Crippen molar-refractivity contribution in [1.82, 2.24) is 5.32 Å². The van der Waals surface area contributed by atoms with Crippen LogP contribution in [0.4, 0.5) is 0 Å². The maximum Gasteiger partial charge on any atom is 0.243 e. The molecule has 3 fully saturated rings. The van der Waals surface area contributed by atoms with Crippen LogP contribution in [-0.4, -0.2) is 18.2 Å². The van der Waals surface area contributed by atoms with Gasteiger partial charge in [0, 0.05) is 24.5 Å². The second-order valence-corrected chi connectivity index (χ2v) is 8.46. The average molecular weight is 301 g/mol. The fourth-order valence-electron chi connectivity index (χ4n) is 6.34. The second kappa shape index (κ2) is 4.69. The average Bonchev–Trinajstić information content (AvgIpc) is 2.68. The number of hydrogen-bond acceptors (Lipinski definition) is 2. The monoisotopic (exact) mass is 301 g/mol. The molecule has 120 valence electrons. The topological polar surface area (TPSA) is 46.2 Å². The first-order chi connectivity index (χ1) is 10.4. The number of fused-ring (bicyclic) bond motifs is 5. The number of amides is 1. The Kier molecular flexibility index (Phi) is 3.08. The predicted molar refractivity (Wildman–Crippen MR) is 85.1 cm³/mol. The normalized spacial score (nSPS) is 47.7. The van der Waals surface area contributed by atoms with E-state index in [4.69, 9.17) is 0 Å². The van der Waals surface area contributed by atoms with Crippen LogP contribution in [0.3, 0.4) is 0 Å². The maximum atomic E-state index is 12.4. The summed E-state index contributed by atoms with van der Waals surface area (Å²) >= 11 is 0. The van der Waals surface area contributed by atoms with Gasteiger partial charge in [0.25, 0.3) is 0 Å². The van der Waals surface area contributed by atoms with Crippen LogP contribution < -0.4 is 5.32 Å². The van der Waals surface area contributed by atoms with Crippen molar-refractivity contribution in [2.24, 2.45) is 28.6 Å². The first-order valence-electron chi connectivity index (χ1n) is 8.97. The Bertz CT molecular complexity index is 566. The van der Waals surface area contributed by atoms with Gasteiger partial charge in [-0.25, -0.2) is 0 Å². The third-order valence-corrected chi connectivity index (χ3v) is 7.69. The third kappa shape index (κ3) is 1.80. The Hall–Kier alpha value is -1.12. The number of Topliss-reactive ketones (excluding diaryl/α,β-unsaturated/α-hetero) is 1. The van der Waals surface area contributed by atoms with Crippen molar-refractivity contribution in [3.8, 4) is 0 Å². The lowest BCUT2D eigenvalue weighted by molar-refractivity contribution is -0.132. The molecule has 0 spiro atoms. The Labute approximate surface area is 132 Å². The van der Waals surface area contributed by atoms with E-state index in [0.29, 0.717) is 23.5 Å². The smallest absolute Gasteiger partial charge is 0.243 e. The van der Waals surface area contributed by atoms with Gasteiger partial charge in [-0.2, -0.15) is 0 Å². The zero-order valence-corrected chi connectivity index (χ0v) is 13.8. The van der Waals surface area contributed by atoms with Gasteiger partial charge in [0.1, 0.15) is 5.78 Å². The molecule has 0 radical (unpaired) electrons. The van der Waals surface area contributed by atoms with Crippen LogP contribution in [0, 0.1) is 28.6 Å². The van der Waals surface area contributed by atoms with Gasteiger partial charge >= 0.3 is 0 Å². The van der Waals surface area contributed by atoms with E-state index in [2.05, 4.69) is 19.2 Å². The van der Waals surface area contributed by atoms with Crippen LogP contribution in [0.1, 0.15) is 58.8 Å². The summed E-state index contributed by atoms with van der Waals surface area (Å²) in [4.78, 5) is 24.3. The van der Waals surface area contributed by atoms with Gasteiger partial charge in [-0.1, -0.05) is 19.4 Å². The van der Waals surface area contributed by atoms with E-state index >= 15 is 0 Å². The minimum Gasteiger partial charge on any atom is -0.353 e. The highest BCUT2D eigenvalue weighted by Gasteiger charge is 2.58. The first-order valence-corrected chi connectivity index (χ1v) is 8.97. The van der Waals surface area contributed by atoms with E-state index in [1.165, 1.54) is 12.0 Å². The molecule has 0 aromatic carbocycles. The Morgan fingerprint density at radius 1 is 1.00 bits per heavy atom. The molecule has 4 aliphatic rings. The molecule has 0 aromatic heterocycles. The van der Waals surface area contributed by atoms with E-state index in [1.54, 1.807) is 0 Å². The molecular weight excluding hydrogens is 274 g/mol. The van der Waals surface area contributed by atoms with E-state index in [1.807, 2.05) is 6.08 Å². The summed E-state index contributed by atoms with van der Waals surface area (Å²) in [5.41, 5.74) is 1.49. The van der Waals surface area contributed by atoms with Gasteiger partial charge < -0.3 is 5.32 Å². The molecule has 5 unspecified atom stereocenters. The lowest BCUT2D eigenvalue weighted by Gasteiger charge is -2.55. The van der Waals surface area contributed by atoms with Gasteiger partial charge in [0.05, 0.1) is 0 Å². The molecule has 0 bridgehead atoms. The molecule has 3 nitrogen and oxygen atoms in total. The molecule has 1 heterocycles. The third-order valence-electron chi connectivity index (χ3n) is 7.69.